The summed E-state index contributed by atoms with van der Waals surface area (Å²) in [6.45, 7) is -0.746. The minimum Gasteiger partial charge on any atom is -0.486 e. The molecule has 1 aliphatic rings. The zero-order valence-electron chi connectivity index (χ0n) is 13.0. The number of benzene rings is 2. The molecule has 24 heavy (non-hydrogen) atoms. The van der Waals surface area contributed by atoms with Crippen LogP contribution in [0.15, 0.2) is 42.5 Å². The van der Waals surface area contributed by atoms with Crippen LogP contribution in [0.1, 0.15) is 37.8 Å². The van der Waals surface area contributed by atoms with Gasteiger partial charge in [-0.15, -0.1) is 0 Å². The number of hydrogen-bond acceptors (Lipinski definition) is 3. The second-order valence-corrected chi connectivity index (χ2v) is 5.53. The van der Waals surface area contributed by atoms with Gasteiger partial charge in [0.25, 0.3) is 5.91 Å². The van der Waals surface area contributed by atoms with Crippen LogP contribution in [0.4, 0.5) is 4.39 Å². The molecule has 2 aromatic carbocycles. The summed E-state index contributed by atoms with van der Waals surface area (Å²) in [6.07, 6.45) is -0.796. The monoisotopic (exact) mass is 329 g/mol. The summed E-state index contributed by atoms with van der Waals surface area (Å²) in [7, 11) is 1.44. The first-order valence-corrected chi connectivity index (χ1v) is 7.47. The first-order chi connectivity index (χ1) is 11.6. The molecule has 1 heterocycles. The van der Waals surface area contributed by atoms with Crippen molar-refractivity contribution in [1.29, 1.82) is 0 Å². The van der Waals surface area contributed by atoms with E-state index in [9.17, 15) is 19.1 Å². The number of rotatable bonds is 4. The molecule has 0 bridgehead atoms. The molecular weight excluding hydrogens is 313 g/mol. The Labute approximate surface area is 138 Å². The summed E-state index contributed by atoms with van der Waals surface area (Å²) in [5.41, 5.74) is 1.40. The maximum atomic E-state index is 13.5. The third-order valence-corrected chi connectivity index (χ3v) is 4.12. The van der Waals surface area contributed by atoms with Gasteiger partial charge in [0.1, 0.15) is 18.5 Å². The molecule has 0 aromatic heterocycles. The Morgan fingerprint density at radius 2 is 1.96 bits per heavy atom. The Hall–Kier alpha value is -2.89. The van der Waals surface area contributed by atoms with Gasteiger partial charge in [0.2, 0.25) is 0 Å². The molecule has 0 saturated heterocycles. The Morgan fingerprint density at radius 1 is 1.25 bits per heavy atom. The lowest BCUT2D eigenvalue weighted by atomic mass is 9.87. The average Bonchev–Trinajstić information content (AvgIpc) is 2.99. The molecule has 6 heteroatoms. The van der Waals surface area contributed by atoms with E-state index in [0.29, 0.717) is 5.56 Å². The van der Waals surface area contributed by atoms with Crippen LogP contribution >= 0.6 is 0 Å². The van der Waals surface area contributed by atoms with E-state index >= 15 is 0 Å². The van der Waals surface area contributed by atoms with Gasteiger partial charge in [0, 0.05) is 12.6 Å². The molecule has 2 atom stereocenters. The average molecular weight is 329 g/mol. The SMILES string of the molecule is CNC(=O)c1cc(C(=O)O)cc2c1O[C@@H](CF)C2c1ccccc1. The van der Waals surface area contributed by atoms with Gasteiger partial charge in [-0.05, 0) is 17.7 Å². The van der Waals surface area contributed by atoms with Crippen LogP contribution in [-0.2, 0) is 0 Å². The number of fused-ring (bicyclic) bond motifs is 1. The van der Waals surface area contributed by atoms with Crippen molar-refractivity contribution in [3.63, 3.8) is 0 Å². The molecule has 0 aliphatic carbocycles. The van der Waals surface area contributed by atoms with Gasteiger partial charge in [0.15, 0.2) is 0 Å². The van der Waals surface area contributed by atoms with Crippen molar-refractivity contribution in [2.24, 2.45) is 0 Å². The number of carbonyl (C=O) groups is 2. The topological polar surface area (TPSA) is 75.6 Å². The summed E-state index contributed by atoms with van der Waals surface area (Å²) >= 11 is 0. The Kier molecular flexibility index (Phi) is 4.20. The Balaban J connectivity index is 2.22. The van der Waals surface area contributed by atoms with Crippen LogP contribution < -0.4 is 10.1 Å². The van der Waals surface area contributed by atoms with E-state index in [0.717, 1.165) is 5.56 Å². The van der Waals surface area contributed by atoms with Gasteiger partial charge in [0.05, 0.1) is 17.0 Å². The molecule has 124 valence electrons. The maximum Gasteiger partial charge on any atom is 0.335 e. The fourth-order valence-electron chi connectivity index (χ4n) is 3.04. The minimum absolute atomic E-state index is 0.0311. The Morgan fingerprint density at radius 3 is 2.54 bits per heavy atom. The minimum atomic E-state index is -1.15. The van der Waals surface area contributed by atoms with Crippen molar-refractivity contribution in [2.45, 2.75) is 12.0 Å². The molecule has 3 rings (SSSR count). The summed E-state index contributed by atoms with van der Waals surface area (Å²) < 4.78 is 19.2. The molecule has 1 unspecified atom stereocenters. The van der Waals surface area contributed by atoms with Crippen LogP contribution in [0, 0.1) is 0 Å². The lowest BCUT2D eigenvalue weighted by Crippen LogP contribution is -2.22. The molecule has 1 aliphatic heterocycles. The van der Waals surface area contributed by atoms with Crippen molar-refractivity contribution in [1.82, 2.24) is 5.32 Å². The number of carbonyl (C=O) groups excluding carboxylic acids is 1. The van der Waals surface area contributed by atoms with E-state index in [1.807, 2.05) is 30.3 Å². The highest BCUT2D eigenvalue weighted by molar-refractivity contribution is 6.00. The number of alkyl halides is 1. The van der Waals surface area contributed by atoms with Crippen molar-refractivity contribution in [3.05, 3.63) is 64.7 Å². The van der Waals surface area contributed by atoms with Gasteiger partial charge >= 0.3 is 5.97 Å². The highest BCUT2D eigenvalue weighted by atomic mass is 19.1. The normalized spacial score (nSPS) is 18.6. The largest absolute Gasteiger partial charge is 0.486 e. The Bertz CT molecular complexity index is 791. The number of amides is 1. The van der Waals surface area contributed by atoms with E-state index in [4.69, 9.17) is 4.74 Å². The standard InChI is InChI=1S/C18H16FNO4/c1-20-17(21)13-8-11(18(22)23)7-12-15(10-5-3-2-4-6-10)14(9-19)24-16(12)13/h2-8,14-15H,9H2,1H3,(H,20,21)(H,22,23)/t14-,15?/m0/s1. The summed E-state index contributed by atoms with van der Waals surface area (Å²) in [4.78, 5) is 23.5. The molecule has 0 radical (unpaired) electrons. The summed E-state index contributed by atoms with van der Waals surface area (Å²) in [6, 6.07) is 11.9. The maximum absolute atomic E-state index is 13.5. The molecule has 1 amide bonds. The molecular formula is C18H16FNO4. The molecule has 0 spiro atoms. The van der Waals surface area contributed by atoms with Crippen LogP contribution in [0.5, 0.6) is 5.75 Å². The van der Waals surface area contributed by atoms with Crippen molar-refractivity contribution in [2.75, 3.05) is 13.7 Å². The smallest absolute Gasteiger partial charge is 0.335 e. The van der Waals surface area contributed by atoms with E-state index in [-0.39, 0.29) is 16.9 Å². The van der Waals surface area contributed by atoms with Crippen LogP contribution in [0.25, 0.3) is 0 Å². The zero-order valence-corrected chi connectivity index (χ0v) is 13.0. The number of hydrogen-bond donors (Lipinski definition) is 2. The van der Waals surface area contributed by atoms with Crippen molar-refractivity contribution in [3.8, 4) is 5.75 Å². The van der Waals surface area contributed by atoms with Gasteiger partial charge in [-0.1, -0.05) is 30.3 Å². The second kappa shape index (κ2) is 6.31. The fraction of sp³-hybridized carbons (Fsp3) is 0.222. The summed E-state index contributed by atoms with van der Waals surface area (Å²) in [5, 5.41) is 11.8. The quantitative estimate of drug-likeness (QED) is 0.904. The van der Waals surface area contributed by atoms with Gasteiger partial charge < -0.3 is 15.2 Å². The number of halogens is 1. The molecule has 0 saturated carbocycles. The highest BCUT2D eigenvalue weighted by Gasteiger charge is 2.39. The first-order valence-electron chi connectivity index (χ1n) is 7.47. The van der Waals surface area contributed by atoms with E-state index in [1.54, 1.807) is 0 Å². The molecule has 2 aromatic rings. The van der Waals surface area contributed by atoms with Crippen LogP contribution in [0.2, 0.25) is 0 Å². The predicted molar refractivity (Wildman–Crippen MR) is 85.5 cm³/mol. The number of nitrogens with one attached hydrogen (secondary N) is 1. The predicted octanol–water partition coefficient (Wildman–Crippen LogP) is 2.61. The van der Waals surface area contributed by atoms with Gasteiger partial charge in [-0.2, -0.15) is 0 Å². The molecule has 5 nitrogen and oxygen atoms in total. The van der Waals surface area contributed by atoms with Crippen molar-refractivity contribution < 1.29 is 23.8 Å². The van der Waals surface area contributed by atoms with Gasteiger partial charge in [-0.3, -0.25) is 4.79 Å². The zero-order chi connectivity index (χ0) is 17.3. The van der Waals surface area contributed by atoms with E-state index < -0.39 is 30.6 Å². The number of carboxylic acid groups (broad SMARTS) is 1. The second-order valence-electron chi connectivity index (χ2n) is 5.53. The van der Waals surface area contributed by atoms with E-state index in [1.165, 1.54) is 19.2 Å². The van der Waals surface area contributed by atoms with Crippen molar-refractivity contribution >= 4 is 11.9 Å². The van der Waals surface area contributed by atoms with Crippen LogP contribution in [0.3, 0.4) is 0 Å². The number of ether oxygens (including phenoxy) is 1. The lowest BCUT2D eigenvalue weighted by molar-refractivity contribution is 0.0696. The van der Waals surface area contributed by atoms with E-state index in [2.05, 4.69) is 5.32 Å². The van der Waals surface area contributed by atoms with Crippen LogP contribution in [-0.4, -0.2) is 36.8 Å². The fourth-order valence-corrected chi connectivity index (χ4v) is 3.04. The molecule has 2 N–H and O–H groups in total. The summed E-state index contributed by atoms with van der Waals surface area (Å²) in [5.74, 6) is -1.84. The molecule has 0 fully saturated rings. The first kappa shape index (κ1) is 16.0. The third-order valence-electron chi connectivity index (χ3n) is 4.12. The third kappa shape index (κ3) is 2.60. The number of carboxylic acids is 1. The van der Waals surface area contributed by atoms with Gasteiger partial charge in [-0.25, -0.2) is 9.18 Å². The lowest BCUT2D eigenvalue weighted by Gasteiger charge is -2.16. The number of aromatic carboxylic acids is 1. The highest BCUT2D eigenvalue weighted by Crippen LogP contribution is 2.45.